The van der Waals surface area contributed by atoms with Crippen LogP contribution in [0.25, 0.3) is 0 Å². The molecule has 1 aromatic heterocycles. The molecule has 2 unspecified atom stereocenters. The van der Waals surface area contributed by atoms with E-state index in [4.69, 9.17) is 0 Å². The van der Waals surface area contributed by atoms with Crippen molar-refractivity contribution in [1.82, 2.24) is 20.4 Å². The van der Waals surface area contributed by atoms with E-state index < -0.39 is 6.10 Å². The normalized spacial score (nSPS) is 20.2. The average Bonchev–Trinajstić information content (AvgIpc) is 3.19. The van der Waals surface area contributed by atoms with Gasteiger partial charge in [-0.05, 0) is 12.0 Å². The number of β-amino-alcohol motifs (C(OH)–C–C–N with tert-alkyl or cyclic N) is 1. The zero-order valence-corrected chi connectivity index (χ0v) is 13.9. The summed E-state index contributed by atoms with van der Waals surface area (Å²) in [5.74, 6) is -0.0522. The van der Waals surface area contributed by atoms with Gasteiger partial charge >= 0.3 is 0 Å². The summed E-state index contributed by atoms with van der Waals surface area (Å²) < 4.78 is 1.89. The van der Waals surface area contributed by atoms with Crippen LogP contribution in [0.4, 0.5) is 0 Å². The lowest BCUT2D eigenvalue weighted by molar-refractivity contribution is 0.0926. The van der Waals surface area contributed by atoms with E-state index in [2.05, 4.69) is 27.9 Å². The van der Waals surface area contributed by atoms with Gasteiger partial charge in [-0.3, -0.25) is 9.48 Å². The Morgan fingerprint density at radius 3 is 2.83 bits per heavy atom. The van der Waals surface area contributed by atoms with Gasteiger partial charge in [0.25, 0.3) is 5.91 Å². The third kappa shape index (κ3) is 3.66. The highest BCUT2D eigenvalue weighted by Crippen LogP contribution is 2.13. The van der Waals surface area contributed by atoms with Gasteiger partial charge in [-0.15, -0.1) is 0 Å². The summed E-state index contributed by atoms with van der Waals surface area (Å²) in [7, 11) is 0. The van der Waals surface area contributed by atoms with Crippen molar-refractivity contribution in [2.45, 2.75) is 26.0 Å². The lowest BCUT2D eigenvalue weighted by Crippen LogP contribution is -2.34. The van der Waals surface area contributed by atoms with E-state index in [9.17, 15) is 9.90 Å². The summed E-state index contributed by atoms with van der Waals surface area (Å²) in [6, 6.07) is 10.1. The highest BCUT2D eigenvalue weighted by Gasteiger charge is 2.26. The van der Waals surface area contributed by atoms with Gasteiger partial charge < -0.3 is 15.7 Å². The number of nitrogens with one attached hydrogen (secondary N) is 2. The van der Waals surface area contributed by atoms with Gasteiger partial charge in [-0.25, -0.2) is 0 Å². The number of aliphatic hydroxyl groups is 1. The van der Waals surface area contributed by atoms with Gasteiger partial charge in [0.2, 0.25) is 0 Å². The predicted molar refractivity (Wildman–Crippen MR) is 91.8 cm³/mol. The molecule has 128 valence electrons. The fourth-order valence-corrected chi connectivity index (χ4v) is 3.11. The van der Waals surface area contributed by atoms with Gasteiger partial charge in [-0.1, -0.05) is 37.3 Å². The molecule has 1 saturated heterocycles. The Morgan fingerprint density at radius 1 is 1.38 bits per heavy atom. The van der Waals surface area contributed by atoms with Crippen molar-refractivity contribution in [2.24, 2.45) is 5.92 Å². The van der Waals surface area contributed by atoms with Gasteiger partial charge in [0, 0.05) is 25.6 Å². The van der Waals surface area contributed by atoms with Crippen LogP contribution in [0.1, 0.15) is 28.5 Å². The number of carbonyl (C=O) groups is 1. The predicted octanol–water partition coefficient (Wildman–Crippen LogP) is 0.804. The standard InChI is InChI=1S/C18H24N4O2/c1-2-16-15(18(24)20-9-14-8-19-11-17(14)23)10-21-22(16)12-13-6-4-3-5-7-13/h3-7,10,14,17,19,23H,2,8-9,11-12H2,1H3,(H,20,24). The molecule has 0 aliphatic carbocycles. The summed E-state index contributed by atoms with van der Waals surface area (Å²) in [5.41, 5.74) is 2.71. The van der Waals surface area contributed by atoms with Crippen LogP contribution in [-0.2, 0) is 13.0 Å². The maximum absolute atomic E-state index is 12.5. The topological polar surface area (TPSA) is 79.2 Å². The monoisotopic (exact) mass is 328 g/mol. The fraction of sp³-hybridized carbons (Fsp3) is 0.444. The number of carbonyl (C=O) groups excluding carboxylic acids is 1. The third-order valence-corrected chi connectivity index (χ3v) is 4.53. The van der Waals surface area contributed by atoms with Crippen LogP contribution in [0.2, 0.25) is 0 Å². The molecule has 0 saturated carbocycles. The average molecular weight is 328 g/mol. The van der Waals surface area contributed by atoms with Crippen molar-refractivity contribution in [3.8, 4) is 0 Å². The molecule has 2 atom stereocenters. The summed E-state index contributed by atoms with van der Waals surface area (Å²) in [4.78, 5) is 12.5. The van der Waals surface area contributed by atoms with Gasteiger partial charge in [0.1, 0.15) is 0 Å². The Hall–Kier alpha value is -2.18. The number of hydrogen-bond donors (Lipinski definition) is 3. The number of benzene rings is 1. The molecule has 1 aromatic carbocycles. The van der Waals surface area contributed by atoms with E-state index in [1.807, 2.05) is 29.8 Å². The SMILES string of the molecule is CCc1c(C(=O)NCC2CNCC2O)cnn1Cc1ccccc1. The molecule has 6 heteroatoms. The van der Waals surface area contributed by atoms with Gasteiger partial charge in [0.15, 0.2) is 0 Å². The molecule has 6 nitrogen and oxygen atoms in total. The van der Waals surface area contributed by atoms with Gasteiger partial charge in [-0.2, -0.15) is 5.10 Å². The summed E-state index contributed by atoms with van der Waals surface area (Å²) >= 11 is 0. The molecule has 24 heavy (non-hydrogen) atoms. The number of amides is 1. The van der Waals surface area contributed by atoms with Crippen molar-refractivity contribution in [1.29, 1.82) is 0 Å². The highest BCUT2D eigenvalue weighted by molar-refractivity contribution is 5.95. The number of nitrogens with zero attached hydrogens (tertiary/aromatic N) is 2. The molecule has 2 aromatic rings. The molecule has 3 rings (SSSR count). The van der Waals surface area contributed by atoms with Crippen LogP contribution in [0.15, 0.2) is 36.5 Å². The summed E-state index contributed by atoms with van der Waals surface area (Å²) in [5, 5.41) is 20.3. The second-order valence-corrected chi connectivity index (χ2v) is 6.20. The molecule has 1 aliphatic heterocycles. The lowest BCUT2D eigenvalue weighted by Gasteiger charge is -2.14. The first-order valence-electron chi connectivity index (χ1n) is 8.44. The minimum atomic E-state index is -0.392. The Labute approximate surface area is 141 Å². The van der Waals surface area contributed by atoms with E-state index in [0.29, 0.717) is 25.2 Å². The van der Waals surface area contributed by atoms with E-state index in [1.165, 1.54) is 0 Å². The Bertz CT molecular complexity index is 684. The lowest BCUT2D eigenvalue weighted by atomic mass is 10.1. The van der Waals surface area contributed by atoms with Crippen LogP contribution >= 0.6 is 0 Å². The van der Waals surface area contributed by atoms with Crippen molar-refractivity contribution in [3.05, 3.63) is 53.3 Å². The second kappa shape index (κ2) is 7.59. The summed E-state index contributed by atoms with van der Waals surface area (Å²) in [6.07, 6.45) is 1.99. The Morgan fingerprint density at radius 2 is 2.17 bits per heavy atom. The Kier molecular flexibility index (Phi) is 5.27. The van der Waals surface area contributed by atoms with Crippen LogP contribution in [0.5, 0.6) is 0 Å². The summed E-state index contributed by atoms with van der Waals surface area (Å²) in [6.45, 7) is 4.48. The van der Waals surface area contributed by atoms with E-state index in [0.717, 1.165) is 24.2 Å². The molecule has 0 spiro atoms. The molecule has 2 heterocycles. The third-order valence-electron chi connectivity index (χ3n) is 4.53. The molecule has 3 N–H and O–H groups in total. The van der Waals surface area contributed by atoms with Gasteiger partial charge in [0.05, 0.1) is 30.1 Å². The zero-order chi connectivity index (χ0) is 16.9. The van der Waals surface area contributed by atoms with Crippen molar-refractivity contribution in [3.63, 3.8) is 0 Å². The minimum absolute atomic E-state index is 0.0680. The van der Waals surface area contributed by atoms with Crippen LogP contribution in [-0.4, -0.2) is 46.5 Å². The molecule has 1 aliphatic rings. The fourth-order valence-electron chi connectivity index (χ4n) is 3.11. The first-order valence-corrected chi connectivity index (χ1v) is 8.44. The molecular weight excluding hydrogens is 304 g/mol. The molecular formula is C18H24N4O2. The quantitative estimate of drug-likeness (QED) is 0.733. The molecule has 0 bridgehead atoms. The maximum Gasteiger partial charge on any atom is 0.254 e. The van der Waals surface area contributed by atoms with Crippen LogP contribution in [0, 0.1) is 5.92 Å². The number of aliphatic hydroxyl groups excluding tert-OH is 1. The maximum atomic E-state index is 12.5. The van der Waals surface area contributed by atoms with E-state index in [1.54, 1.807) is 6.20 Å². The smallest absolute Gasteiger partial charge is 0.254 e. The molecule has 1 amide bonds. The molecule has 1 fully saturated rings. The van der Waals surface area contributed by atoms with E-state index >= 15 is 0 Å². The number of aromatic nitrogens is 2. The minimum Gasteiger partial charge on any atom is -0.391 e. The van der Waals surface area contributed by atoms with Crippen molar-refractivity contribution in [2.75, 3.05) is 19.6 Å². The van der Waals surface area contributed by atoms with Crippen molar-refractivity contribution >= 4 is 5.91 Å². The largest absolute Gasteiger partial charge is 0.391 e. The number of hydrogen-bond acceptors (Lipinski definition) is 4. The first kappa shape index (κ1) is 16.7. The zero-order valence-electron chi connectivity index (χ0n) is 13.9. The molecule has 0 radical (unpaired) electrons. The number of rotatable bonds is 6. The second-order valence-electron chi connectivity index (χ2n) is 6.20. The Balaban J connectivity index is 1.68. The first-order chi connectivity index (χ1) is 11.7. The van der Waals surface area contributed by atoms with Crippen LogP contribution in [0.3, 0.4) is 0 Å². The highest BCUT2D eigenvalue weighted by atomic mass is 16.3. The van der Waals surface area contributed by atoms with Crippen molar-refractivity contribution < 1.29 is 9.90 Å². The van der Waals surface area contributed by atoms with Crippen LogP contribution < -0.4 is 10.6 Å². The van der Waals surface area contributed by atoms with E-state index in [-0.39, 0.29) is 11.8 Å².